The maximum Gasteiger partial charge on any atom is 0.397 e. The molecule has 1 amide bonds. The van der Waals surface area contributed by atoms with Gasteiger partial charge < -0.3 is 10.1 Å². The Morgan fingerprint density at radius 3 is 2.39 bits per heavy atom. The average molecular weight is 325 g/mol. The van der Waals surface area contributed by atoms with Crippen molar-refractivity contribution in [3.63, 3.8) is 0 Å². The topological polar surface area (TPSA) is 55.4 Å². The molecule has 122 valence electrons. The summed E-state index contributed by atoms with van der Waals surface area (Å²) in [5, 5.41) is 3.77. The van der Waals surface area contributed by atoms with E-state index in [0.717, 1.165) is 17.9 Å². The number of esters is 1. The van der Waals surface area contributed by atoms with E-state index in [1.165, 1.54) is 0 Å². The number of halogens is 3. The molecule has 0 saturated carbocycles. The van der Waals surface area contributed by atoms with Gasteiger partial charge in [0.15, 0.2) is 6.04 Å². The molecule has 0 bridgehead atoms. The molecule has 2 aromatic carbocycles. The number of hydrogen-bond acceptors (Lipinski definition) is 3. The number of amides is 1. The van der Waals surface area contributed by atoms with Gasteiger partial charge in [0.2, 0.25) is 5.91 Å². The number of fused-ring (bicyclic) bond motifs is 1. The molecule has 0 aliphatic heterocycles. The van der Waals surface area contributed by atoms with E-state index in [4.69, 9.17) is 0 Å². The molecule has 4 nitrogen and oxygen atoms in total. The Morgan fingerprint density at radius 1 is 1.13 bits per heavy atom. The van der Waals surface area contributed by atoms with Crippen LogP contribution in [0.1, 0.15) is 18.0 Å². The van der Waals surface area contributed by atoms with Gasteiger partial charge >= 0.3 is 12.1 Å². The molecule has 0 aliphatic carbocycles. The predicted molar refractivity (Wildman–Crippen MR) is 77.5 cm³/mol. The van der Waals surface area contributed by atoms with Crippen molar-refractivity contribution in [3.05, 3.63) is 48.0 Å². The number of hydrogen-bond donors (Lipinski definition) is 1. The van der Waals surface area contributed by atoms with Crippen molar-refractivity contribution in [3.8, 4) is 0 Å². The monoisotopic (exact) mass is 325 g/mol. The number of benzene rings is 2. The van der Waals surface area contributed by atoms with Crippen molar-refractivity contribution in [1.82, 2.24) is 5.32 Å². The summed E-state index contributed by atoms with van der Waals surface area (Å²) in [4.78, 5) is 23.3. The van der Waals surface area contributed by atoms with Crippen molar-refractivity contribution >= 4 is 22.6 Å². The van der Waals surface area contributed by atoms with Crippen molar-refractivity contribution in [2.45, 2.75) is 18.6 Å². The summed E-state index contributed by atoms with van der Waals surface area (Å²) in [6, 6.07) is 10.9. The molecule has 1 N–H and O–H groups in total. The number of carbonyl (C=O) groups is 2. The highest BCUT2D eigenvalue weighted by Gasteiger charge is 2.33. The number of nitrogens with one attached hydrogen (secondary N) is 1. The zero-order valence-electron chi connectivity index (χ0n) is 12.2. The fraction of sp³-hybridized carbons (Fsp3) is 0.250. The van der Waals surface area contributed by atoms with Crippen LogP contribution in [0.5, 0.6) is 0 Å². The smallest absolute Gasteiger partial charge is 0.397 e. The van der Waals surface area contributed by atoms with Gasteiger partial charge in [0.25, 0.3) is 0 Å². The molecule has 1 atom stereocenters. The first-order valence-electron chi connectivity index (χ1n) is 6.73. The normalized spacial score (nSPS) is 12.7. The first kappa shape index (κ1) is 16.8. The zero-order valence-corrected chi connectivity index (χ0v) is 12.2. The van der Waals surface area contributed by atoms with E-state index < -0.39 is 30.5 Å². The van der Waals surface area contributed by atoms with Gasteiger partial charge in [-0.3, -0.25) is 4.79 Å². The fourth-order valence-electron chi connectivity index (χ4n) is 2.18. The second-order valence-corrected chi connectivity index (χ2v) is 4.92. The van der Waals surface area contributed by atoms with E-state index in [2.05, 4.69) is 10.1 Å². The number of carbonyl (C=O) groups excluding carboxylic acids is 2. The first-order valence-corrected chi connectivity index (χ1v) is 6.73. The van der Waals surface area contributed by atoms with Crippen LogP contribution in [-0.2, 0) is 14.3 Å². The highest BCUT2D eigenvalue weighted by molar-refractivity contribution is 5.88. The van der Waals surface area contributed by atoms with E-state index in [1.807, 2.05) is 12.1 Å². The lowest BCUT2D eigenvalue weighted by Crippen LogP contribution is -2.36. The minimum atomic E-state index is -4.64. The van der Waals surface area contributed by atoms with E-state index in [1.54, 1.807) is 30.3 Å². The van der Waals surface area contributed by atoms with Crippen LogP contribution < -0.4 is 5.32 Å². The van der Waals surface area contributed by atoms with Gasteiger partial charge in [-0.1, -0.05) is 36.4 Å². The second-order valence-electron chi connectivity index (χ2n) is 4.92. The number of ether oxygens (including phenoxy) is 1. The third kappa shape index (κ3) is 4.45. The molecular weight excluding hydrogens is 311 g/mol. The van der Waals surface area contributed by atoms with Crippen LogP contribution in [0.3, 0.4) is 0 Å². The summed E-state index contributed by atoms with van der Waals surface area (Å²) in [5.41, 5.74) is 0.353. The standard InChI is InChI=1S/C16H14F3NO3/c1-23-15(22)14(20-13(21)9-16(17,18)19)12-7-6-10-4-2-3-5-11(10)8-12/h2-8,14H,9H2,1H3,(H,20,21)/t14-/m0/s1. The minimum absolute atomic E-state index is 0.353. The molecule has 7 heteroatoms. The molecule has 23 heavy (non-hydrogen) atoms. The van der Waals surface area contributed by atoms with Crippen LogP contribution >= 0.6 is 0 Å². The maximum atomic E-state index is 12.3. The lowest BCUT2D eigenvalue weighted by atomic mass is 10.0. The highest BCUT2D eigenvalue weighted by Crippen LogP contribution is 2.23. The van der Waals surface area contributed by atoms with E-state index in [0.29, 0.717) is 5.56 Å². The van der Waals surface area contributed by atoms with Gasteiger partial charge in [-0.2, -0.15) is 13.2 Å². The Balaban J connectivity index is 2.29. The fourth-order valence-corrected chi connectivity index (χ4v) is 2.18. The maximum absolute atomic E-state index is 12.3. The summed E-state index contributed by atoms with van der Waals surface area (Å²) in [6.45, 7) is 0. The SMILES string of the molecule is COC(=O)[C@@H](NC(=O)CC(F)(F)F)c1ccc2ccccc2c1. The Morgan fingerprint density at radius 2 is 1.78 bits per heavy atom. The van der Waals surface area contributed by atoms with E-state index in [9.17, 15) is 22.8 Å². The van der Waals surface area contributed by atoms with Crippen molar-refractivity contribution in [2.24, 2.45) is 0 Å². The molecule has 0 heterocycles. The largest absolute Gasteiger partial charge is 0.467 e. The van der Waals surface area contributed by atoms with Gasteiger partial charge in [-0.25, -0.2) is 4.79 Å². The van der Waals surface area contributed by atoms with Crippen molar-refractivity contribution in [1.29, 1.82) is 0 Å². The first-order chi connectivity index (χ1) is 10.8. The van der Waals surface area contributed by atoms with Gasteiger partial charge in [-0.05, 0) is 22.4 Å². The highest BCUT2D eigenvalue weighted by atomic mass is 19.4. The van der Waals surface area contributed by atoms with Gasteiger partial charge in [0.05, 0.1) is 7.11 Å². The molecule has 0 unspecified atom stereocenters. The summed E-state index contributed by atoms with van der Waals surface area (Å²) in [5.74, 6) is -2.13. The molecule has 0 aliphatic rings. The van der Waals surface area contributed by atoms with Gasteiger partial charge in [0, 0.05) is 0 Å². The minimum Gasteiger partial charge on any atom is -0.467 e. The molecule has 0 spiro atoms. The van der Waals surface area contributed by atoms with E-state index in [-0.39, 0.29) is 0 Å². The third-order valence-electron chi connectivity index (χ3n) is 3.21. The second kappa shape index (κ2) is 6.68. The van der Waals surface area contributed by atoms with Crippen LogP contribution in [0.4, 0.5) is 13.2 Å². The van der Waals surface area contributed by atoms with Crippen LogP contribution in [0, 0.1) is 0 Å². The molecule has 2 aromatic rings. The predicted octanol–water partition coefficient (Wildman–Crippen LogP) is 3.12. The van der Waals surface area contributed by atoms with E-state index >= 15 is 0 Å². The Bertz CT molecular complexity index is 728. The quantitative estimate of drug-likeness (QED) is 0.879. The molecular formula is C16H14F3NO3. The summed E-state index contributed by atoms with van der Waals surface area (Å²) in [7, 11) is 1.10. The van der Waals surface area contributed by atoms with Crippen LogP contribution in [-0.4, -0.2) is 25.2 Å². The summed E-state index contributed by atoms with van der Waals surface area (Å²) < 4.78 is 41.4. The summed E-state index contributed by atoms with van der Waals surface area (Å²) in [6.07, 6.45) is -6.30. The van der Waals surface area contributed by atoms with Crippen molar-refractivity contribution in [2.75, 3.05) is 7.11 Å². The third-order valence-corrected chi connectivity index (χ3v) is 3.21. The Hall–Kier alpha value is -2.57. The molecule has 0 radical (unpaired) electrons. The number of alkyl halides is 3. The molecule has 0 fully saturated rings. The Labute approximate surface area is 130 Å². The lowest BCUT2D eigenvalue weighted by molar-refractivity contribution is -0.157. The molecule has 2 rings (SSSR count). The van der Waals surface area contributed by atoms with Gasteiger partial charge in [0.1, 0.15) is 6.42 Å². The van der Waals surface area contributed by atoms with Crippen molar-refractivity contribution < 1.29 is 27.5 Å². The van der Waals surface area contributed by atoms with Gasteiger partial charge in [-0.15, -0.1) is 0 Å². The average Bonchev–Trinajstić information content (AvgIpc) is 2.49. The molecule has 0 saturated heterocycles. The van der Waals surface area contributed by atoms with Crippen LogP contribution in [0.25, 0.3) is 10.8 Å². The lowest BCUT2D eigenvalue weighted by Gasteiger charge is -2.18. The molecule has 0 aromatic heterocycles. The zero-order chi connectivity index (χ0) is 17.0. The number of methoxy groups -OCH3 is 1. The van der Waals surface area contributed by atoms with Crippen LogP contribution in [0.2, 0.25) is 0 Å². The number of rotatable bonds is 4. The summed E-state index contributed by atoms with van der Waals surface area (Å²) >= 11 is 0. The van der Waals surface area contributed by atoms with Crippen LogP contribution in [0.15, 0.2) is 42.5 Å². The Kier molecular flexibility index (Phi) is 4.88.